The molecule has 32 heavy (non-hydrogen) atoms. The SMILES string of the molecule is C=C/C=C\C=C(/N)NC(=O)Nc1ccc(-c2nc(N)cc(C3(S(C)(=O)=O)CCC3)n2)cc1. The van der Waals surface area contributed by atoms with E-state index >= 15 is 0 Å². The van der Waals surface area contributed by atoms with Gasteiger partial charge in [0, 0.05) is 23.6 Å². The Kier molecular flexibility index (Phi) is 6.64. The van der Waals surface area contributed by atoms with Gasteiger partial charge in [-0.3, -0.25) is 5.32 Å². The van der Waals surface area contributed by atoms with Gasteiger partial charge in [0.25, 0.3) is 0 Å². The number of urea groups is 1. The summed E-state index contributed by atoms with van der Waals surface area (Å²) in [6, 6.07) is 7.82. The Morgan fingerprint density at radius 3 is 2.44 bits per heavy atom. The summed E-state index contributed by atoms with van der Waals surface area (Å²) < 4.78 is 23.8. The summed E-state index contributed by atoms with van der Waals surface area (Å²) in [5.41, 5.74) is 13.3. The molecule has 2 amide bonds. The van der Waals surface area contributed by atoms with Crippen molar-refractivity contribution >= 4 is 27.4 Å². The number of hydrogen-bond acceptors (Lipinski definition) is 7. The van der Waals surface area contributed by atoms with E-state index in [1.165, 1.54) is 18.4 Å². The molecule has 168 valence electrons. The topological polar surface area (TPSA) is 153 Å². The number of rotatable bonds is 7. The lowest BCUT2D eigenvalue weighted by Crippen LogP contribution is -2.42. The number of nitrogens with two attached hydrogens (primary N) is 2. The molecule has 1 aromatic carbocycles. The minimum atomic E-state index is -3.36. The number of nitrogen functional groups attached to an aromatic ring is 1. The lowest BCUT2D eigenvalue weighted by atomic mass is 9.81. The second-order valence-corrected chi connectivity index (χ2v) is 9.85. The Labute approximate surface area is 187 Å². The lowest BCUT2D eigenvalue weighted by Gasteiger charge is -2.39. The van der Waals surface area contributed by atoms with Gasteiger partial charge in [-0.15, -0.1) is 0 Å². The highest BCUT2D eigenvalue weighted by molar-refractivity contribution is 7.91. The van der Waals surface area contributed by atoms with E-state index in [4.69, 9.17) is 11.5 Å². The Morgan fingerprint density at radius 1 is 1.19 bits per heavy atom. The van der Waals surface area contributed by atoms with Crippen LogP contribution in [0.15, 0.2) is 67.0 Å². The van der Waals surface area contributed by atoms with Crippen molar-refractivity contribution in [3.63, 3.8) is 0 Å². The summed E-state index contributed by atoms with van der Waals surface area (Å²) in [5, 5.41) is 5.16. The molecule has 1 aliphatic rings. The highest BCUT2D eigenvalue weighted by atomic mass is 32.2. The van der Waals surface area contributed by atoms with Crippen LogP contribution in [0, 0.1) is 0 Å². The van der Waals surface area contributed by atoms with Gasteiger partial charge in [-0.1, -0.05) is 24.8 Å². The average Bonchev–Trinajstić information content (AvgIpc) is 2.66. The smallest absolute Gasteiger partial charge is 0.324 e. The standard InChI is InChI=1S/C22H26N6O3S/c1-3-4-5-7-18(23)28-21(29)25-16-10-8-15(9-11-16)20-26-17(14-19(24)27-20)22(12-6-13-22)32(2,30)31/h3-5,7-11,14H,1,6,12-13,23H2,2H3,(H2,24,26,27)(H2,25,28,29)/b5-4-,18-7+. The molecule has 1 aliphatic carbocycles. The number of sulfone groups is 1. The van der Waals surface area contributed by atoms with Crippen molar-refractivity contribution < 1.29 is 13.2 Å². The van der Waals surface area contributed by atoms with Gasteiger partial charge < -0.3 is 16.8 Å². The quantitative estimate of drug-likeness (QED) is 0.469. The van der Waals surface area contributed by atoms with Crippen molar-refractivity contribution in [2.24, 2.45) is 5.73 Å². The van der Waals surface area contributed by atoms with E-state index in [0.717, 1.165) is 6.42 Å². The molecule has 1 fully saturated rings. The highest BCUT2D eigenvalue weighted by Gasteiger charge is 2.49. The highest BCUT2D eigenvalue weighted by Crippen LogP contribution is 2.47. The fourth-order valence-corrected chi connectivity index (χ4v) is 4.93. The number of aromatic nitrogens is 2. The predicted octanol–water partition coefficient (Wildman–Crippen LogP) is 2.81. The zero-order valence-electron chi connectivity index (χ0n) is 17.7. The van der Waals surface area contributed by atoms with Crippen LogP contribution in [0.5, 0.6) is 0 Å². The summed E-state index contributed by atoms with van der Waals surface area (Å²) >= 11 is 0. The van der Waals surface area contributed by atoms with Crippen LogP contribution in [0.4, 0.5) is 16.3 Å². The molecule has 0 saturated heterocycles. The molecule has 0 bridgehead atoms. The maximum atomic E-state index is 12.4. The predicted molar refractivity (Wildman–Crippen MR) is 126 cm³/mol. The first-order valence-corrected chi connectivity index (χ1v) is 11.8. The van der Waals surface area contributed by atoms with Gasteiger partial charge in [0.2, 0.25) is 0 Å². The van der Waals surface area contributed by atoms with Crippen LogP contribution in [0.25, 0.3) is 11.4 Å². The third kappa shape index (κ3) is 4.97. The van der Waals surface area contributed by atoms with E-state index in [1.807, 2.05) is 0 Å². The number of carbonyl (C=O) groups excluding carboxylic acids is 1. The molecule has 3 rings (SSSR count). The van der Waals surface area contributed by atoms with Crippen LogP contribution in [0.1, 0.15) is 25.0 Å². The molecule has 9 nitrogen and oxygen atoms in total. The summed E-state index contributed by atoms with van der Waals surface area (Å²) in [4.78, 5) is 20.8. The monoisotopic (exact) mass is 454 g/mol. The van der Waals surface area contributed by atoms with Crippen LogP contribution in [0.3, 0.4) is 0 Å². The van der Waals surface area contributed by atoms with Crippen molar-refractivity contribution in [3.05, 3.63) is 72.7 Å². The number of allylic oxidation sites excluding steroid dienone is 4. The number of hydrogen-bond donors (Lipinski definition) is 4. The van der Waals surface area contributed by atoms with Crippen LogP contribution in [0.2, 0.25) is 0 Å². The number of benzene rings is 1. The number of anilines is 2. The molecule has 0 aliphatic heterocycles. The van der Waals surface area contributed by atoms with Gasteiger partial charge >= 0.3 is 6.03 Å². The number of nitrogens with zero attached hydrogens (tertiary/aromatic N) is 2. The Morgan fingerprint density at radius 2 is 1.88 bits per heavy atom. The van der Waals surface area contributed by atoms with Crippen LogP contribution in [-0.4, -0.2) is 30.7 Å². The summed E-state index contributed by atoms with van der Waals surface area (Å²) in [7, 11) is -3.36. The van der Waals surface area contributed by atoms with Gasteiger partial charge in [-0.2, -0.15) is 0 Å². The molecular formula is C22H26N6O3S. The molecule has 1 aromatic heterocycles. The fraction of sp³-hybridized carbons (Fsp3) is 0.227. The maximum absolute atomic E-state index is 12.4. The molecule has 2 aromatic rings. The molecule has 1 saturated carbocycles. The van der Waals surface area contributed by atoms with Crippen LogP contribution >= 0.6 is 0 Å². The minimum Gasteiger partial charge on any atom is -0.385 e. The second-order valence-electron chi connectivity index (χ2n) is 7.52. The van der Waals surface area contributed by atoms with E-state index < -0.39 is 20.6 Å². The second kappa shape index (κ2) is 9.23. The van der Waals surface area contributed by atoms with Gasteiger partial charge in [0.1, 0.15) is 16.4 Å². The molecular weight excluding hydrogens is 428 g/mol. The molecule has 0 unspecified atom stereocenters. The molecule has 6 N–H and O–H groups in total. The minimum absolute atomic E-state index is 0.175. The fourth-order valence-electron chi connectivity index (χ4n) is 3.42. The average molecular weight is 455 g/mol. The van der Waals surface area contributed by atoms with Crippen molar-refractivity contribution in [2.45, 2.75) is 24.0 Å². The van der Waals surface area contributed by atoms with Crippen molar-refractivity contribution in [2.75, 3.05) is 17.3 Å². The number of amides is 2. The first-order valence-electron chi connectivity index (χ1n) is 9.92. The molecule has 0 spiro atoms. The van der Waals surface area contributed by atoms with E-state index in [9.17, 15) is 13.2 Å². The van der Waals surface area contributed by atoms with E-state index in [-0.39, 0.29) is 11.6 Å². The Bertz CT molecular complexity index is 1180. The zero-order chi connectivity index (χ0) is 23.4. The Balaban J connectivity index is 1.77. The molecule has 10 heteroatoms. The van der Waals surface area contributed by atoms with E-state index in [1.54, 1.807) is 42.5 Å². The number of nitrogens with one attached hydrogen (secondary N) is 2. The number of carbonyl (C=O) groups is 1. The zero-order valence-corrected chi connectivity index (χ0v) is 18.5. The van der Waals surface area contributed by atoms with Gasteiger partial charge in [-0.05, 0) is 49.6 Å². The summed E-state index contributed by atoms with van der Waals surface area (Å²) in [6.07, 6.45) is 9.52. The van der Waals surface area contributed by atoms with Crippen molar-refractivity contribution in [1.82, 2.24) is 15.3 Å². The van der Waals surface area contributed by atoms with Gasteiger partial charge in [0.15, 0.2) is 15.7 Å². The van der Waals surface area contributed by atoms with Crippen molar-refractivity contribution in [1.29, 1.82) is 0 Å². The summed E-state index contributed by atoms with van der Waals surface area (Å²) in [6.45, 7) is 3.54. The lowest BCUT2D eigenvalue weighted by molar-refractivity contribution is 0.254. The first kappa shape index (κ1) is 23.0. The maximum Gasteiger partial charge on any atom is 0.324 e. The van der Waals surface area contributed by atoms with E-state index in [2.05, 4.69) is 27.2 Å². The third-order valence-electron chi connectivity index (χ3n) is 5.27. The normalized spacial score (nSPS) is 15.7. The van der Waals surface area contributed by atoms with Gasteiger partial charge in [-0.25, -0.2) is 23.2 Å². The first-order chi connectivity index (χ1) is 15.1. The van der Waals surface area contributed by atoms with Gasteiger partial charge in [0.05, 0.1) is 5.69 Å². The molecule has 1 heterocycles. The van der Waals surface area contributed by atoms with E-state index in [0.29, 0.717) is 35.6 Å². The largest absolute Gasteiger partial charge is 0.385 e. The van der Waals surface area contributed by atoms with Crippen LogP contribution < -0.4 is 22.1 Å². The molecule has 0 atom stereocenters. The Hall–Kier alpha value is -3.66. The molecule has 0 radical (unpaired) electrons. The summed E-state index contributed by atoms with van der Waals surface area (Å²) in [5.74, 6) is 0.704. The van der Waals surface area contributed by atoms with Crippen molar-refractivity contribution in [3.8, 4) is 11.4 Å². The third-order valence-corrected chi connectivity index (χ3v) is 7.30. The van der Waals surface area contributed by atoms with Crippen LogP contribution in [-0.2, 0) is 14.6 Å².